The van der Waals surface area contributed by atoms with Crippen LogP contribution in [0, 0.1) is 5.92 Å². The number of hydrogen-bond acceptors (Lipinski definition) is 3. The van der Waals surface area contributed by atoms with E-state index in [-0.39, 0.29) is 36.6 Å². The molecule has 1 aliphatic rings. The van der Waals surface area contributed by atoms with Crippen LogP contribution < -0.4 is 5.73 Å². The van der Waals surface area contributed by atoms with Crippen molar-refractivity contribution < 1.29 is 4.79 Å². The summed E-state index contributed by atoms with van der Waals surface area (Å²) in [6.45, 7) is 2.58. The summed E-state index contributed by atoms with van der Waals surface area (Å²) in [6, 6.07) is 20.1. The second-order valence-corrected chi connectivity index (χ2v) is 7.08. The van der Waals surface area contributed by atoms with Gasteiger partial charge in [0.1, 0.15) is 0 Å². The minimum atomic E-state index is 0. The minimum absolute atomic E-state index is 0. The molecule has 2 atom stereocenters. The Bertz CT molecular complexity index is 902. The molecule has 154 valence electrons. The lowest BCUT2D eigenvalue weighted by molar-refractivity contribution is 0.0785. The molecule has 4 rings (SSSR count). The summed E-state index contributed by atoms with van der Waals surface area (Å²) in [4.78, 5) is 15.2. The Morgan fingerprint density at radius 2 is 1.72 bits per heavy atom. The van der Waals surface area contributed by atoms with Gasteiger partial charge in [0.05, 0.1) is 6.54 Å². The fourth-order valence-corrected chi connectivity index (χ4v) is 3.96. The lowest BCUT2D eigenvalue weighted by atomic mass is 9.89. The summed E-state index contributed by atoms with van der Waals surface area (Å²) in [7, 11) is 0. The number of aromatic nitrogens is 2. The van der Waals surface area contributed by atoms with Gasteiger partial charge < -0.3 is 10.6 Å². The number of nitrogens with two attached hydrogens (primary N) is 1. The van der Waals surface area contributed by atoms with Gasteiger partial charge >= 0.3 is 0 Å². The van der Waals surface area contributed by atoms with Crippen molar-refractivity contribution in [2.24, 2.45) is 11.7 Å². The smallest absolute Gasteiger partial charge is 0.254 e. The molecule has 29 heavy (non-hydrogen) atoms. The molecule has 0 bridgehead atoms. The van der Waals surface area contributed by atoms with Crippen LogP contribution >= 0.6 is 24.8 Å². The van der Waals surface area contributed by atoms with E-state index in [4.69, 9.17) is 5.73 Å². The Kier molecular flexibility index (Phi) is 8.26. The monoisotopic (exact) mass is 432 g/mol. The van der Waals surface area contributed by atoms with Gasteiger partial charge in [0, 0.05) is 37.0 Å². The lowest BCUT2D eigenvalue weighted by Crippen LogP contribution is -2.30. The average Bonchev–Trinajstić information content (AvgIpc) is 3.38. The van der Waals surface area contributed by atoms with E-state index in [1.54, 1.807) is 6.20 Å². The number of hydrogen-bond donors (Lipinski definition) is 1. The maximum Gasteiger partial charge on any atom is 0.254 e. The van der Waals surface area contributed by atoms with Crippen molar-refractivity contribution in [2.45, 2.75) is 12.5 Å². The number of nitrogens with zero attached hydrogens (tertiary/aromatic N) is 3. The molecule has 1 amide bonds. The number of carbonyl (C=O) groups excluding carboxylic acids is 1. The van der Waals surface area contributed by atoms with E-state index in [9.17, 15) is 4.79 Å². The van der Waals surface area contributed by atoms with Gasteiger partial charge in [-0.15, -0.1) is 24.8 Å². The first kappa shape index (κ1) is 22.9. The van der Waals surface area contributed by atoms with E-state index in [2.05, 4.69) is 17.2 Å². The predicted octanol–water partition coefficient (Wildman–Crippen LogP) is 3.59. The summed E-state index contributed by atoms with van der Waals surface area (Å²) < 4.78 is 1.84. The number of rotatable bonds is 5. The number of carbonyl (C=O) groups is 1. The highest BCUT2D eigenvalue weighted by molar-refractivity contribution is 5.96. The van der Waals surface area contributed by atoms with Crippen LogP contribution in [0.25, 0.3) is 0 Å². The highest BCUT2D eigenvalue weighted by Gasteiger charge is 2.36. The van der Waals surface area contributed by atoms with Crippen molar-refractivity contribution in [1.29, 1.82) is 0 Å². The summed E-state index contributed by atoms with van der Waals surface area (Å²) in [5.74, 6) is 0.655. The fourth-order valence-electron chi connectivity index (χ4n) is 3.96. The van der Waals surface area contributed by atoms with Gasteiger partial charge in [0.2, 0.25) is 0 Å². The van der Waals surface area contributed by atoms with Crippen LogP contribution in [0.4, 0.5) is 0 Å². The van der Waals surface area contributed by atoms with Crippen molar-refractivity contribution in [1.82, 2.24) is 14.7 Å². The van der Waals surface area contributed by atoms with Gasteiger partial charge in [0.25, 0.3) is 5.91 Å². The predicted molar refractivity (Wildman–Crippen MR) is 120 cm³/mol. The maximum absolute atomic E-state index is 13.3. The highest BCUT2D eigenvalue weighted by atomic mass is 35.5. The molecule has 0 unspecified atom stereocenters. The number of likely N-dealkylation sites (tertiary alicyclic amines) is 1. The third-order valence-corrected chi connectivity index (χ3v) is 5.40. The largest absolute Gasteiger partial charge is 0.338 e. The van der Waals surface area contributed by atoms with Crippen LogP contribution in [-0.2, 0) is 6.54 Å². The van der Waals surface area contributed by atoms with E-state index >= 15 is 0 Å². The molecule has 3 aromatic rings. The summed E-state index contributed by atoms with van der Waals surface area (Å²) in [5, 5.41) is 4.26. The number of halogens is 2. The standard InChI is InChI=1S/C22H24N4O.2ClH/c23-13-19-14-25(16-21(19)17-7-2-1-3-8-17)22(27)20-10-5-4-9-18(20)15-26-12-6-11-24-26;;/h1-12,19,21H,13-16,23H2;2*1H/t19-,21+;;/m1../s1. The van der Waals surface area contributed by atoms with Crippen molar-refractivity contribution in [2.75, 3.05) is 19.6 Å². The first-order valence-corrected chi connectivity index (χ1v) is 9.36. The molecule has 1 aliphatic heterocycles. The van der Waals surface area contributed by atoms with Crippen LogP contribution in [0.3, 0.4) is 0 Å². The zero-order chi connectivity index (χ0) is 18.6. The molecule has 0 radical (unpaired) electrons. The minimum Gasteiger partial charge on any atom is -0.338 e. The van der Waals surface area contributed by atoms with E-state index in [1.165, 1.54) is 5.56 Å². The van der Waals surface area contributed by atoms with E-state index in [0.29, 0.717) is 32.1 Å². The van der Waals surface area contributed by atoms with Crippen LogP contribution in [-0.4, -0.2) is 40.2 Å². The Morgan fingerprint density at radius 3 is 2.41 bits per heavy atom. The van der Waals surface area contributed by atoms with Gasteiger partial charge in [-0.1, -0.05) is 48.5 Å². The Hall–Kier alpha value is -2.34. The molecule has 2 heterocycles. The molecule has 7 heteroatoms. The summed E-state index contributed by atoms with van der Waals surface area (Å²) >= 11 is 0. The SMILES string of the molecule is Cl.Cl.NC[C@@H]1CN(C(=O)c2ccccc2Cn2cccn2)C[C@H]1c1ccccc1. The first-order chi connectivity index (χ1) is 13.3. The molecule has 1 aromatic heterocycles. The zero-order valence-electron chi connectivity index (χ0n) is 16.1. The molecule has 5 nitrogen and oxygen atoms in total. The molecule has 2 N–H and O–H groups in total. The molecular formula is C22H26Cl2N4O. The number of amides is 1. The molecule has 0 spiro atoms. The Balaban J connectivity index is 0.00000150. The Labute approximate surface area is 183 Å². The van der Waals surface area contributed by atoms with Crippen LogP contribution in [0.1, 0.15) is 27.4 Å². The molecular weight excluding hydrogens is 407 g/mol. The van der Waals surface area contributed by atoms with Gasteiger partial charge in [-0.05, 0) is 35.7 Å². The quantitative estimate of drug-likeness (QED) is 0.669. The molecule has 0 saturated carbocycles. The second kappa shape index (κ2) is 10.4. The maximum atomic E-state index is 13.3. The third kappa shape index (κ3) is 4.99. The lowest BCUT2D eigenvalue weighted by Gasteiger charge is -2.19. The molecule has 1 saturated heterocycles. The van der Waals surface area contributed by atoms with Crippen LogP contribution in [0.2, 0.25) is 0 Å². The highest BCUT2D eigenvalue weighted by Crippen LogP contribution is 2.33. The van der Waals surface area contributed by atoms with Gasteiger partial charge in [0.15, 0.2) is 0 Å². The van der Waals surface area contributed by atoms with Crippen LogP contribution in [0.15, 0.2) is 73.1 Å². The topological polar surface area (TPSA) is 64.2 Å². The number of benzene rings is 2. The Morgan fingerprint density at radius 1 is 1.00 bits per heavy atom. The fraction of sp³-hybridized carbons (Fsp3) is 0.273. The molecule has 2 aromatic carbocycles. The normalized spacial score (nSPS) is 18.0. The molecule has 0 aliphatic carbocycles. The van der Waals surface area contributed by atoms with Crippen molar-refractivity contribution >= 4 is 30.7 Å². The van der Waals surface area contributed by atoms with Crippen LogP contribution in [0.5, 0.6) is 0 Å². The molecule has 1 fully saturated rings. The summed E-state index contributed by atoms with van der Waals surface area (Å²) in [6.07, 6.45) is 3.66. The van der Waals surface area contributed by atoms with Crippen molar-refractivity contribution in [3.05, 3.63) is 89.7 Å². The van der Waals surface area contributed by atoms with E-state index < -0.39 is 0 Å². The van der Waals surface area contributed by atoms with Gasteiger partial charge in [-0.25, -0.2) is 0 Å². The van der Waals surface area contributed by atoms with E-state index in [1.807, 2.05) is 64.3 Å². The summed E-state index contributed by atoms with van der Waals surface area (Å²) in [5.41, 5.74) is 9.02. The van der Waals surface area contributed by atoms with E-state index in [0.717, 1.165) is 11.1 Å². The van der Waals surface area contributed by atoms with Gasteiger partial charge in [-0.2, -0.15) is 5.10 Å². The van der Waals surface area contributed by atoms with Gasteiger partial charge in [-0.3, -0.25) is 9.48 Å². The van der Waals surface area contributed by atoms with Crippen molar-refractivity contribution in [3.63, 3.8) is 0 Å². The zero-order valence-corrected chi connectivity index (χ0v) is 17.7. The van der Waals surface area contributed by atoms with Crippen molar-refractivity contribution in [3.8, 4) is 0 Å². The first-order valence-electron chi connectivity index (χ1n) is 9.36. The third-order valence-electron chi connectivity index (χ3n) is 5.40. The second-order valence-electron chi connectivity index (χ2n) is 7.08. The average molecular weight is 433 g/mol.